The van der Waals surface area contributed by atoms with Crippen molar-refractivity contribution < 1.29 is 0 Å². The summed E-state index contributed by atoms with van der Waals surface area (Å²) in [5.41, 5.74) is 1.41. The lowest BCUT2D eigenvalue weighted by Crippen LogP contribution is -1.99. The minimum Gasteiger partial charge on any atom is -0.236 e. The molecule has 0 aromatic carbocycles. The molecule has 0 radical (unpaired) electrons. The molecule has 2 aromatic rings. The maximum absolute atomic E-state index is 8.80. The molecule has 2 rings (SSSR count). The molecule has 15 heavy (non-hydrogen) atoms. The third kappa shape index (κ3) is 1.69. The lowest BCUT2D eigenvalue weighted by atomic mass is 10.3. The summed E-state index contributed by atoms with van der Waals surface area (Å²) in [5, 5.41) is 13.2. The Morgan fingerprint density at radius 3 is 2.93 bits per heavy atom. The molecule has 0 amide bonds. The average molecular weight is 219 g/mol. The van der Waals surface area contributed by atoms with Crippen molar-refractivity contribution in [2.45, 2.75) is 6.92 Å². The first kappa shape index (κ1) is 9.69. The Morgan fingerprint density at radius 1 is 1.53 bits per heavy atom. The van der Waals surface area contributed by atoms with Crippen LogP contribution in [-0.2, 0) is 0 Å². The normalized spacial score (nSPS) is 9.93. The second-order valence-electron chi connectivity index (χ2n) is 3.07. The predicted octanol–water partition coefficient (Wildman–Crippen LogP) is 2.10. The van der Waals surface area contributed by atoms with E-state index in [2.05, 4.69) is 10.1 Å². The van der Waals surface area contributed by atoms with Crippen LogP contribution in [0.1, 0.15) is 11.1 Å². The van der Waals surface area contributed by atoms with Crippen molar-refractivity contribution in [2.24, 2.45) is 0 Å². The van der Waals surface area contributed by atoms with Crippen LogP contribution in [0.2, 0.25) is 5.02 Å². The van der Waals surface area contributed by atoms with E-state index < -0.39 is 0 Å². The van der Waals surface area contributed by atoms with E-state index in [4.69, 9.17) is 16.9 Å². The van der Waals surface area contributed by atoms with Gasteiger partial charge in [-0.15, -0.1) is 0 Å². The van der Waals surface area contributed by atoms with Crippen molar-refractivity contribution in [3.63, 3.8) is 0 Å². The van der Waals surface area contributed by atoms with E-state index in [-0.39, 0.29) is 0 Å². The first-order valence-electron chi connectivity index (χ1n) is 4.28. The Kier molecular flexibility index (Phi) is 2.40. The lowest BCUT2D eigenvalue weighted by Gasteiger charge is -2.03. The first-order valence-corrected chi connectivity index (χ1v) is 4.66. The summed E-state index contributed by atoms with van der Waals surface area (Å²) in [6, 6.07) is 3.57. The van der Waals surface area contributed by atoms with Crippen LogP contribution in [0.3, 0.4) is 0 Å². The van der Waals surface area contributed by atoms with Crippen LogP contribution < -0.4 is 0 Å². The molecule has 0 aliphatic carbocycles. The monoisotopic (exact) mass is 218 g/mol. The quantitative estimate of drug-likeness (QED) is 0.737. The van der Waals surface area contributed by atoms with Crippen LogP contribution in [0.15, 0.2) is 24.7 Å². The van der Waals surface area contributed by atoms with Crippen molar-refractivity contribution in [2.75, 3.05) is 0 Å². The summed E-state index contributed by atoms with van der Waals surface area (Å²) in [6.45, 7) is 1.92. The lowest BCUT2D eigenvalue weighted by molar-refractivity contribution is 0.846. The van der Waals surface area contributed by atoms with Crippen LogP contribution in [0.25, 0.3) is 5.82 Å². The Labute approximate surface area is 91.7 Å². The molecule has 5 heteroatoms. The molecule has 0 fully saturated rings. The van der Waals surface area contributed by atoms with E-state index in [9.17, 15) is 0 Å². The SMILES string of the molecule is Cc1cnn(-c2nccc(C#N)c2Cl)c1. The predicted molar refractivity (Wildman–Crippen MR) is 55.8 cm³/mol. The summed E-state index contributed by atoms with van der Waals surface area (Å²) in [7, 11) is 0. The van der Waals surface area contributed by atoms with Gasteiger partial charge >= 0.3 is 0 Å². The zero-order valence-corrected chi connectivity index (χ0v) is 8.73. The Hall–Kier alpha value is -1.86. The van der Waals surface area contributed by atoms with Gasteiger partial charge in [-0.25, -0.2) is 9.67 Å². The number of aryl methyl sites for hydroxylation is 1. The second kappa shape index (κ2) is 3.71. The largest absolute Gasteiger partial charge is 0.236 e. The average Bonchev–Trinajstić information content (AvgIpc) is 2.65. The first-order chi connectivity index (χ1) is 7.22. The Balaban J connectivity index is 2.59. The third-order valence-corrected chi connectivity index (χ3v) is 2.29. The fraction of sp³-hybridized carbons (Fsp3) is 0.100. The van der Waals surface area contributed by atoms with Gasteiger partial charge in [0.15, 0.2) is 5.82 Å². The van der Waals surface area contributed by atoms with Gasteiger partial charge in [0.05, 0.1) is 11.8 Å². The maximum Gasteiger partial charge on any atom is 0.173 e. The van der Waals surface area contributed by atoms with Crippen LogP contribution >= 0.6 is 11.6 Å². The third-order valence-electron chi connectivity index (χ3n) is 1.92. The number of nitriles is 1. The number of aromatic nitrogens is 3. The molecule has 0 aliphatic rings. The van der Waals surface area contributed by atoms with E-state index in [1.807, 2.05) is 13.0 Å². The number of hydrogen-bond acceptors (Lipinski definition) is 3. The molecular weight excluding hydrogens is 212 g/mol. The summed E-state index contributed by atoms with van der Waals surface area (Å²) >= 11 is 6.01. The Bertz CT molecular complexity index is 539. The fourth-order valence-corrected chi connectivity index (χ4v) is 1.45. The highest BCUT2D eigenvalue weighted by molar-refractivity contribution is 6.33. The highest BCUT2D eigenvalue weighted by Crippen LogP contribution is 2.21. The summed E-state index contributed by atoms with van der Waals surface area (Å²) in [5.74, 6) is 0.476. The van der Waals surface area contributed by atoms with Crippen molar-refractivity contribution >= 4 is 11.6 Å². The van der Waals surface area contributed by atoms with E-state index in [1.54, 1.807) is 23.1 Å². The summed E-state index contributed by atoms with van der Waals surface area (Å²) in [6.07, 6.45) is 5.04. The van der Waals surface area contributed by atoms with Gasteiger partial charge in [0.1, 0.15) is 11.1 Å². The molecule has 2 heterocycles. The maximum atomic E-state index is 8.80. The van der Waals surface area contributed by atoms with Gasteiger partial charge in [-0.05, 0) is 18.6 Å². The van der Waals surface area contributed by atoms with Crippen LogP contribution in [0, 0.1) is 18.3 Å². The number of rotatable bonds is 1. The molecule has 4 nitrogen and oxygen atoms in total. The van der Waals surface area contributed by atoms with E-state index >= 15 is 0 Å². The zero-order chi connectivity index (χ0) is 10.8. The molecular formula is C10H7ClN4. The fourth-order valence-electron chi connectivity index (χ4n) is 1.21. The molecule has 0 unspecified atom stereocenters. The van der Waals surface area contributed by atoms with Gasteiger partial charge in [-0.1, -0.05) is 11.6 Å². The summed E-state index contributed by atoms with van der Waals surface area (Å²) < 4.78 is 1.55. The van der Waals surface area contributed by atoms with E-state index in [1.165, 1.54) is 6.20 Å². The van der Waals surface area contributed by atoms with Crippen molar-refractivity contribution in [3.05, 3.63) is 40.8 Å². The molecule has 2 aromatic heterocycles. The van der Waals surface area contributed by atoms with Gasteiger partial charge in [-0.2, -0.15) is 10.4 Å². The Morgan fingerprint density at radius 2 is 2.33 bits per heavy atom. The standard InChI is InChI=1S/C10H7ClN4/c1-7-5-14-15(6-7)10-9(11)8(4-12)2-3-13-10/h2-3,5-6H,1H3. The van der Waals surface area contributed by atoms with Crippen molar-refractivity contribution in [1.29, 1.82) is 5.26 Å². The highest BCUT2D eigenvalue weighted by atomic mass is 35.5. The molecule has 0 N–H and O–H groups in total. The van der Waals surface area contributed by atoms with Crippen LogP contribution in [-0.4, -0.2) is 14.8 Å². The van der Waals surface area contributed by atoms with Crippen molar-refractivity contribution in [3.8, 4) is 11.9 Å². The summed E-state index contributed by atoms with van der Waals surface area (Å²) in [4.78, 5) is 4.09. The van der Waals surface area contributed by atoms with Crippen LogP contribution in [0.4, 0.5) is 0 Å². The van der Waals surface area contributed by atoms with Crippen molar-refractivity contribution in [1.82, 2.24) is 14.8 Å². The highest BCUT2D eigenvalue weighted by Gasteiger charge is 2.09. The van der Waals surface area contributed by atoms with Gasteiger partial charge in [0.25, 0.3) is 0 Å². The number of hydrogen-bond donors (Lipinski definition) is 0. The van der Waals surface area contributed by atoms with Gasteiger partial charge in [-0.3, -0.25) is 0 Å². The number of pyridine rings is 1. The molecule has 0 aliphatic heterocycles. The molecule has 0 spiro atoms. The number of halogens is 1. The van der Waals surface area contributed by atoms with Gasteiger partial charge < -0.3 is 0 Å². The molecule has 0 atom stereocenters. The molecule has 0 bridgehead atoms. The van der Waals surface area contributed by atoms with E-state index in [0.29, 0.717) is 16.4 Å². The van der Waals surface area contributed by atoms with E-state index in [0.717, 1.165) is 5.56 Å². The zero-order valence-electron chi connectivity index (χ0n) is 7.98. The molecule has 74 valence electrons. The minimum absolute atomic E-state index is 0.322. The smallest absolute Gasteiger partial charge is 0.173 e. The van der Waals surface area contributed by atoms with Gasteiger partial charge in [0.2, 0.25) is 0 Å². The second-order valence-corrected chi connectivity index (χ2v) is 3.45. The molecule has 0 saturated heterocycles. The molecule has 0 saturated carbocycles. The minimum atomic E-state index is 0.322. The van der Waals surface area contributed by atoms with Crippen LogP contribution in [0.5, 0.6) is 0 Å². The topological polar surface area (TPSA) is 54.5 Å². The number of nitrogens with zero attached hydrogens (tertiary/aromatic N) is 4. The van der Waals surface area contributed by atoms with Gasteiger partial charge in [0, 0.05) is 12.4 Å².